The number of rotatable bonds is 6. The first-order chi connectivity index (χ1) is 12.6. The SMILES string of the molecule is CN(C)CCSc1nnc(-c2ccc(N)cc2N2CCCCCC2)n1C. The summed E-state index contributed by atoms with van der Waals surface area (Å²) in [6, 6.07) is 6.15. The Morgan fingerprint density at radius 1 is 1.12 bits per heavy atom. The summed E-state index contributed by atoms with van der Waals surface area (Å²) in [5.41, 5.74) is 9.22. The van der Waals surface area contributed by atoms with Crippen LogP contribution in [-0.2, 0) is 7.05 Å². The molecule has 1 aromatic heterocycles. The Bertz CT molecular complexity index is 719. The number of nitrogen functional groups attached to an aromatic ring is 1. The van der Waals surface area contributed by atoms with Crippen LogP contribution < -0.4 is 10.6 Å². The normalized spacial score (nSPS) is 15.5. The third-order valence-electron chi connectivity index (χ3n) is 4.81. The predicted molar refractivity (Wildman–Crippen MR) is 111 cm³/mol. The number of hydrogen-bond donors (Lipinski definition) is 1. The molecule has 0 amide bonds. The number of benzene rings is 1. The lowest BCUT2D eigenvalue weighted by Gasteiger charge is -2.25. The summed E-state index contributed by atoms with van der Waals surface area (Å²) in [6.07, 6.45) is 5.09. The highest BCUT2D eigenvalue weighted by atomic mass is 32.2. The van der Waals surface area contributed by atoms with Gasteiger partial charge in [-0.3, -0.25) is 0 Å². The Morgan fingerprint density at radius 2 is 1.85 bits per heavy atom. The molecule has 2 aromatic rings. The van der Waals surface area contributed by atoms with Crippen molar-refractivity contribution in [2.45, 2.75) is 30.8 Å². The standard InChI is InChI=1S/C19H30N6S/c1-23(2)12-13-26-19-22-21-18(24(19)3)16-9-8-15(20)14-17(16)25-10-6-4-5-7-11-25/h8-9,14H,4-7,10-13,20H2,1-3H3. The van der Waals surface area contributed by atoms with Gasteiger partial charge in [0.1, 0.15) is 0 Å². The highest BCUT2D eigenvalue weighted by Crippen LogP contribution is 2.34. The van der Waals surface area contributed by atoms with Crippen molar-refractivity contribution in [1.29, 1.82) is 0 Å². The molecule has 0 atom stereocenters. The van der Waals surface area contributed by atoms with Crippen LogP contribution in [0.4, 0.5) is 11.4 Å². The van der Waals surface area contributed by atoms with E-state index in [0.717, 1.165) is 47.6 Å². The van der Waals surface area contributed by atoms with Gasteiger partial charge in [-0.25, -0.2) is 0 Å². The van der Waals surface area contributed by atoms with E-state index in [0.29, 0.717) is 0 Å². The topological polar surface area (TPSA) is 63.2 Å². The lowest BCUT2D eigenvalue weighted by molar-refractivity contribution is 0.437. The maximum absolute atomic E-state index is 6.11. The van der Waals surface area contributed by atoms with E-state index in [9.17, 15) is 0 Å². The van der Waals surface area contributed by atoms with Crippen molar-refractivity contribution in [3.05, 3.63) is 18.2 Å². The molecular weight excluding hydrogens is 344 g/mol. The van der Waals surface area contributed by atoms with Gasteiger partial charge < -0.3 is 20.1 Å². The molecule has 0 spiro atoms. The van der Waals surface area contributed by atoms with E-state index in [1.165, 1.54) is 31.4 Å². The van der Waals surface area contributed by atoms with Gasteiger partial charge >= 0.3 is 0 Å². The molecule has 0 radical (unpaired) electrons. The van der Waals surface area contributed by atoms with Crippen LogP contribution in [0.5, 0.6) is 0 Å². The van der Waals surface area contributed by atoms with Gasteiger partial charge in [-0.05, 0) is 45.1 Å². The van der Waals surface area contributed by atoms with Crippen LogP contribution >= 0.6 is 11.8 Å². The number of hydrogen-bond acceptors (Lipinski definition) is 6. The number of aromatic nitrogens is 3. The molecule has 2 N–H and O–H groups in total. The van der Waals surface area contributed by atoms with Gasteiger partial charge in [-0.2, -0.15) is 0 Å². The highest BCUT2D eigenvalue weighted by Gasteiger charge is 2.19. The van der Waals surface area contributed by atoms with E-state index >= 15 is 0 Å². The Labute approximate surface area is 160 Å². The van der Waals surface area contributed by atoms with Gasteiger partial charge in [-0.15, -0.1) is 10.2 Å². The largest absolute Gasteiger partial charge is 0.399 e. The van der Waals surface area contributed by atoms with Crippen molar-refractivity contribution in [1.82, 2.24) is 19.7 Å². The van der Waals surface area contributed by atoms with E-state index in [-0.39, 0.29) is 0 Å². The molecule has 2 heterocycles. The second-order valence-corrected chi connectivity index (χ2v) is 8.26. The minimum absolute atomic E-state index is 0.802. The van der Waals surface area contributed by atoms with Gasteiger partial charge in [0.15, 0.2) is 11.0 Å². The smallest absolute Gasteiger partial charge is 0.191 e. The lowest BCUT2D eigenvalue weighted by Crippen LogP contribution is -2.24. The van der Waals surface area contributed by atoms with Crippen molar-refractivity contribution in [2.24, 2.45) is 7.05 Å². The van der Waals surface area contributed by atoms with E-state index < -0.39 is 0 Å². The summed E-state index contributed by atoms with van der Waals surface area (Å²) in [5.74, 6) is 1.91. The van der Waals surface area contributed by atoms with Crippen LogP contribution in [0.2, 0.25) is 0 Å². The van der Waals surface area contributed by atoms with Crippen LogP contribution in [-0.4, -0.2) is 59.1 Å². The average molecular weight is 375 g/mol. The summed E-state index contributed by atoms with van der Waals surface area (Å²) >= 11 is 1.75. The maximum Gasteiger partial charge on any atom is 0.191 e. The molecule has 1 fully saturated rings. The van der Waals surface area contributed by atoms with Crippen molar-refractivity contribution >= 4 is 23.1 Å². The quantitative estimate of drug-likeness (QED) is 0.619. The molecule has 1 saturated heterocycles. The first kappa shape index (κ1) is 19.0. The molecule has 6 nitrogen and oxygen atoms in total. The van der Waals surface area contributed by atoms with Crippen LogP contribution in [0.25, 0.3) is 11.4 Å². The van der Waals surface area contributed by atoms with Crippen LogP contribution in [0.15, 0.2) is 23.4 Å². The van der Waals surface area contributed by atoms with Crippen molar-refractivity contribution in [2.75, 3.05) is 50.1 Å². The molecule has 142 valence electrons. The van der Waals surface area contributed by atoms with E-state index in [1.807, 2.05) is 6.07 Å². The minimum atomic E-state index is 0.802. The molecule has 1 aromatic carbocycles. The summed E-state index contributed by atoms with van der Waals surface area (Å²) in [6.45, 7) is 3.19. The first-order valence-electron chi connectivity index (χ1n) is 9.38. The Balaban J connectivity index is 1.88. The molecule has 7 heteroatoms. The van der Waals surface area contributed by atoms with Gasteiger partial charge in [0.05, 0.1) is 0 Å². The summed E-state index contributed by atoms with van der Waals surface area (Å²) in [7, 11) is 6.23. The number of anilines is 2. The highest BCUT2D eigenvalue weighted by molar-refractivity contribution is 7.99. The third-order valence-corrected chi connectivity index (χ3v) is 5.81. The second kappa shape index (κ2) is 8.77. The fourth-order valence-electron chi connectivity index (χ4n) is 3.31. The molecule has 0 saturated carbocycles. The minimum Gasteiger partial charge on any atom is -0.399 e. The average Bonchev–Trinajstić information content (AvgIpc) is 2.82. The van der Waals surface area contributed by atoms with Gasteiger partial charge in [-0.1, -0.05) is 24.6 Å². The van der Waals surface area contributed by atoms with Gasteiger partial charge in [0, 0.05) is 49.4 Å². The van der Waals surface area contributed by atoms with Crippen molar-refractivity contribution in [3.8, 4) is 11.4 Å². The number of nitrogens with two attached hydrogens (primary N) is 1. The maximum atomic E-state index is 6.11. The summed E-state index contributed by atoms with van der Waals surface area (Å²) in [5, 5.41) is 9.89. The summed E-state index contributed by atoms with van der Waals surface area (Å²) in [4.78, 5) is 4.65. The predicted octanol–water partition coefficient (Wildman–Crippen LogP) is 3.10. The van der Waals surface area contributed by atoms with E-state index in [1.54, 1.807) is 11.8 Å². The third kappa shape index (κ3) is 4.51. The first-order valence-corrected chi connectivity index (χ1v) is 10.4. The zero-order valence-corrected chi connectivity index (χ0v) is 16.9. The fraction of sp³-hybridized carbons (Fsp3) is 0.579. The Kier molecular flexibility index (Phi) is 6.43. The molecule has 3 rings (SSSR count). The zero-order chi connectivity index (χ0) is 18.5. The number of thioether (sulfide) groups is 1. The zero-order valence-electron chi connectivity index (χ0n) is 16.1. The molecule has 0 unspecified atom stereocenters. The van der Waals surface area contributed by atoms with Crippen LogP contribution in [0.1, 0.15) is 25.7 Å². The molecule has 26 heavy (non-hydrogen) atoms. The molecule has 1 aliphatic heterocycles. The van der Waals surface area contributed by atoms with Crippen molar-refractivity contribution in [3.63, 3.8) is 0 Å². The van der Waals surface area contributed by atoms with Gasteiger partial charge in [0.25, 0.3) is 0 Å². The van der Waals surface area contributed by atoms with Crippen molar-refractivity contribution < 1.29 is 0 Å². The molecule has 0 aliphatic carbocycles. The fourth-order valence-corrected chi connectivity index (χ4v) is 4.32. The Morgan fingerprint density at radius 3 is 2.54 bits per heavy atom. The van der Waals surface area contributed by atoms with Gasteiger partial charge in [0.2, 0.25) is 0 Å². The lowest BCUT2D eigenvalue weighted by atomic mass is 10.1. The Hall–Kier alpha value is -1.73. The molecule has 1 aliphatic rings. The van der Waals surface area contributed by atoms with E-state index in [2.05, 4.69) is 57.8 Å². The van der Waals surface area contributed by atoms with Crippen LogP contribution in [0, 0.1) is 0 Å². The van der Waals surface area contributed by atoms with Crippen LogP contribution in [0.3, 0.4) is 0 Å². The van der Waals surface area contributed by atoms with E-state index in [4.69, 9.17) is 5.73 Å². The summed E-state index contributed by atoms with van der Waals surface area (Å²) < 4.78 is 2.10. The monoisotopic (exact) mass is 374 g/mol. The number of nitrogens with zero attached hydrogens (tertiary/aromatic N) is 5. The molecule has 0 bridgehead atoms. The molecular formula is C19H30N6S. The second-order valence-electron chi connectivity index (χ2n) is 7.19.